The third-order valence-corrected chi connectivity index (χ3v) is 3.40. The molecule has 1 amide bonds. The molecular formula is C11H11NO3S. The molecule has 4 nitrogen and oxygen atoms in total. The first-order chi connectivity index (χ1) is 7.68. The molecule has 84 valence electrons. The molecule has 1 unspecified atom stereocenters. The summed E-state index contributed by atoms with van der Waals surface area (Å²) in [5, 5.41) is 12.1. The minimum absolute atomic E-state index is 0.0104. The summed E-state index contributed by atoms with van der Waals surface area (Å²) in [4.78, 5) is 23.0. The molecule has 5 heteroatoms. The lowest BCUT2D eigenvalue weighted by molar-refractivity contribution is -0.112. The Morgan fingerprint density at radius 1 is 1.44 bits per heavy atom. The van der Waals surface area contributed by atoms with Gasteiger partial charge in [-0.1, -0.05) is 23.9 Å². The van der Waals surface area contributed by atoms with Gasteiger partial charge in [-0.2, -0.15) is 0 Å². The largest absolute Gasteiger partial charge is 0.507 e. The van der Waals surface area contributed by atoms with E-state index in [2.05, 4.69) is 5.32 Å². The van der Waals surface area contributed by atoms with Crippen molar-refractivity contribution in [2.24, 2.45) is 0 Å². The van der Waals surface area contributed by atoms with Gasteiger partial charge in [0.05, 0.1) is 11.6 Å². The molecule has 0 saturated carbocycles. The Morgan fingerprint density at radius 3 is 2.81 bits per heavy atom. The van der Waals surface area contributed by atoms with E-state index in [9.17, 15) is 14.7 Å². The van der Waals surface area contributed by atoms with Crippen molar-refractivity contribution in [1.82, 2.24) is 5.32 Å². The Balaban J connectivity index is 2.09. The second-order valence-corrected chi connectivity index (χ2v) is 4.60. The minimum atomic E-state index is -0.419. The number of benzene rings is 1. The van der Waals surface area contributed by atoms with Crippen LogP contribution in [0, 0.1) is 0 Å². The number of nitrogens with one attached hydrogen (secondary N) is 1. The van der Waals surface area contributed by atoms with Crippen LogP contribution in [-0.2, 0) is 4.79 Å². The highest BCUT2D eigenvalue weighted by Crippen LogP contribution is 2.21. The fraction of sp³-hybridized carbons (Fsp3) is 0.273. The highest BCUT2D eigenvalue weighted by atomic mass is 32.2. The van der Waals surface area contributed by atoms with Crippen molar-refractivity contribution in [3.8, 4) is 5.75 Å². The van der Waals surface area contributed by atoms with Gasteiger partial charge in [0.15, 0.2) is 0 Å². The summed E-state index contributed by atoms with van der Waals surface area (Å²) in [7, 11) is 0. The van der Waals surface area contributed by atoms with Crippen LogP contribution in [0.5, 0.6) is 5.75 Å². The van der Waals surface area contributed by atoms with Crippen molar-refractivity contribution >= 4 is 22.8 Å². The van der Waals surface area contributed by atoms with E-state index in [1.54, 1.807) is 12.1 Å². The van der Waals surface area contributed by atoms with Crippen LogP contribution in [0.25, 0.3) is 0 Å². The molecule has 0 aromatic heterocycles. The van der Waals surface area contributed by atoms with Crippen molar-refractivity contribution in [1.29, 1.82) is 0 Å². The van der Waals surface area contributed by atoms with Crippen LogP contribution in [0.4, 0.5) is 0 Å². The molecule has 0 radical (unpaired) electrons. The molecule has 1 fully saturated rings. The van der Waals surface area contributed by atoms with Crippen LogP contribution in [0.2, 0.25) is 0 Å². The highest BCUT2D eigenvalue weighted by molar-refractivity contribution is 8.14. The highest BCUT2D eigenvalue weighted by Gasteiger charge is 2.27. The van der Waals surface area contributed by atoms with E-state index < -0.39 is 11.9 Å². The third-order valence-electron chi connectivity index (χ3n) is 2.39. The Kier molecular flexibility index (Phi) is 3.14. The van der Waals surface area contributed by atoms with Gasteiger partial charge in [-0.05, 0) is 18.6 Å². The number of phenolic OH excluding ortho intramolecular Hbond substituents is 1. The van der Waals surface area contributed by atoms with Crippen molar-refractivity contribution in [3.63, 3.8) is 0 Å². The van der Waals surface area contributed by atoms with Gasteiger partial charge in [0.25, 0.3) is 5.91 Å². The zero-order valence-electron chi connectivity index (χ0n) is 8.47. The van der Waals surface area contributed by atoms with Gasteiger partial charge >= 0.3 is 0 Å². The normalized spacial score (nSPS) is 19.8. The monoisotopic (exact) mass is 237 g/mol. The van der Waals surface area contributed by atoms with Crippen molar-refractivity contribution in [2.75, 3.05) is 5.75 Å². The number of rotatable bonds is 2. The molecular weight excluding hydrogens is 226 g/mol. The van der Waals surface area contributed by atoms with E-state index >= 15 is 0 Å². The number of para-hydroxylation sites is 1. The molecule has 1 heterocycles. The summed E-state index contributed by atoms with van der Waals surface area (Å²) in [5.74, 6) is 0.266. The number of thioether (sulfide) groups is 1. The number of amides is 1. The van der Waals surface area contributed by atoms with E-state index in [-0.39, 0.29) is 16.4 Å². The van der Waals surface area contributed by atoms with Crippen LogP contribution in [0.1, 0.15) is 16.8 Å². The number of aromatic hydroxyl groups is 1. The summed E-state index contributed by atoms with van der Waals surface area (Å²) >= 11 is 1.23. The Labute approximate surface area is 97.0 Å². The van der Waals surface area contributed by atoms with Crippen LogP contribution in [0.15, 0.2) is 24.3 Å². The molecule has 0 bridgehead atoms. The summed E-state index contributed by atoms with van der Waals surface area (Å²) in [5.41, 5.74) is 0.201. The van der Waals surface area contributed by atoms with E-state index in [1.807, 2.05) is 0 Å². The average Bonchev–Trinajstić information content (AvgIpc) is 2.65. The Bertz CT molecular complexity index is 433. The molecule has 1 atom stereocenters. The van der Waals surface area contributed by atoms with Gasteiger partial charge in [0, 0.05) is 5.75 Å². The van der Waals surface area contributed by atoms with E-state index in [1.165, 1.54) is 23.9 Å². The van der Waals surface area contributed by atoms with E-state index in [0.29, 0.717) is 6.42 Å². The van der Waals surface area contributed by atoms with Gasteiger partial charge in [-0.3, -0.25) is 9.59 Å². The summed E-state index contributed by atoms with van der Waals surface area (Å²) < 4.78 is 0. The number of hydrogen-bond donors (Lipinski definition) is 2. The summed E-state index contributed by atoms with van der Waals surface area (Å²) in [6.07, 6.45) is 0.656. The smallest absolute Gasteiger partial charge is 0.255 e. The van der Waals surface area contributed by atoms with Gasteiger partial charge in [-0.25, -0.2) is 0 Å². The molecule has 0 spiro atoms. The standard InChI is InChI=1S/C11H11NO3S/c13-9-4-2-1-3-7(9)10(14)12-8-5-6-16-11(8)15/h1-4,8,13H,5-6H2,(H,12,14). The van der Waals surface area contributed by atoms with Crippen LogP contribution < -0.4 is 5.32 Å². The van der Waals surface area contributed by atoms with Gasteiger partial charge in [-0.15, -0.1) is 0 Å². The zero-order chi connectivity index (χ0) is 11.5. The van der Waals surface area contributed by atoms with E-state index in [4.69, 9.17) is 0 Å². The van der Waals surface area contributed by atoms with E-state index in [0.717, 1.165) is 5.75 Å². The van der Waals surface area contributed by atoms with Crippen LogP contribution in [-0.4, -0.2) is 27.9 Å². The van der Waals surface area contributed by atoms with Crippen LogP contribution >= 0.6 is 11.8 Å². The molecule has 1 aromatic carbocycles. The lowest BCUT2D eigenvalue weighted by atomic mass is 10.1. The molecule has 1 aliphatic heterocycles. The molecule has 1 aliphatic rings. The molecule has 16 heavy (non-hydrogen) atoms. The Morgan fingerprint density at radius 2 is 2.19 bits per heavy atom. The third kappa shape index (κ3) is 2.19. The first kappa shape index (κ1) is 11.0. The summed E-state index contributed by atoms with van der Waals surface area (Å²) in [6.45, 7) is 0. The minimum Gasteiger partial charge on any atom is -0.507 e. The number of hydrogen-bond acceptors (Lipinski definition) is 4. The first-order valence-corrected chi connectivity index (χ1v) is 5.92. The zero-order valence-corrected chi connectivity index (χ0v) is 9.29. The molecule has 1 aromatic rings. The van der Waals surface area contributed by atoms with Crippen molar-refractivity contribution in [2.45, 2.75) is 12.5 Å². The maximum absolute atomic E-state index is 11.7. The first-order valence-electron chi connectivity index (χ1n) is 4.94. The van der Waals surface area contributed by atoms with Crippen molar-refractivity contribution in [3.05, 3.63) is 29.8 Å². The predicted molar refractivity (Wildman–Crippen MR) is 61.4 cm³/mol. The fourth-order valence-corrected chi connectivity index (χ4v) is 2.46. The molecule has 1 saturated heterocycles. The molecule has 2 rings (SSSR count). The van der Waals surface area contributed by atoms with Crippen molar-refractivity contribution < 1.29 is 14.7 Å². The topological polar surface area (TPSA) is 66.4 Å². The van der Waals surface area contributed by atoms with Gasteiger partial charge < -0.3 is 10.4 Å². The molecule has 0 aliphatic carbocycles. The van der Waals surface area contributed by atoms with Gasteiger partial charge in [0.1, 0.15) is 5.75 Å². The predicted octanol–water partition coefficient (Wildman–Crippen LogP) is 1.15. The number of carbonyl (C=O) groups is 2. The second-order valence-electron chi connectivity index (χ2n) is 3.50. The SMILES string of the molecule is O=C(NC1CCSC1=O)c1ccccc1O. The number of carbonyl (C=O) groups excluding carboxylic acids is 2. The summed E-state index contributed by atoms with van der Waals surface area (Å²) in [6, 6.07) is 5.86. The fourth-order valence-electron chi connectivity index (χ4n) is 1.53. The second kappa shape index (κ2) is 4.57. The number of phenols is 1. The lowest BCUT2D eigenvalue weighted by Gasteiger charge is -2.10. The van der Waals surface area contributed by atoms with Gasteiger partial charge in [0.2, 0.25) is 5.12 Å². The molecule has 2 N–H and O–H groups in total. The lowest BCUT2D eigenvalue weighted by Crippen LogP contribution is -2.37. The average molecular weight is 237 g/mol. The quantitative estimate of drug-likeness (QED) is 0.810. The Hall–Kier alpha value is -1.49. The maximum atomic E-state index is 11.7. The van der Waals surface area contributed by atoms with Crippen LogP contribution in [0.3, 0.4) is 0 Å². The maximum Gasteiger partial charge on any atom is 0.255 e.